The van der Waals surface area contributed by atoms with Gasteiger partial charge in [-0.25, -0.2) is 33.7 Å². The summed E-state index contributed by atoms with van der Waals surface area (Å²) in [6, 6.07) is -9.97. The Morgan fingerprint density at radius 1 is 0.500 bits per heavy atom. The molecule has 0 amide bonds. The highest BCUT2D eigenvalue weighted by Crippen LogP contribution is 2.71. The van der Waals surface area contributed by atoms with Gasteiger partial charge in [-0.05, 0) is 32.7 Å². The zero-order valence-electron chi connectivity index (χ0n) is 23.5. The Bertz CT molecular complexity index is 1650. The van der Waals surface area contributed by atoms with E-state index in [0.29, 0.717) is 7.05 Å². The molecule has 4 aliphatic rings. The minimum absolute atomic E-state index is 0.178. The van der Waals surface area contributed by atoms with Gasteiger partial charge in [-0.3, -0.25) is 5.09 Å². The lowest BCUT2D eigenvalue weighted by Gasteiger charge is -2.44. The second-order valence-corrected chi connectivity index (χ2v) is 23.1. The van der Waals surface area contributed by atoms with E-state index in [0.717, 1.165) is 0 Å². The Hall–Kier alpha value is -0.380. The molecule has 48 heavy (non-hydrogen) atoms. The Balaban J connectivity index is 2.12. The Labute approximate surface area is 267 Å². The first kappa shape index (κ1) is 40.4. The molecule has 2 aliphatic carbocycles. The van der Waals surface area contributed by atoms with E-state index in [1.807, 2.05) is 0 Å². The average Bonchev–Trinajstić information content (AvgIpc) is 3.45. The van der Waals surface area contributed by atoms with Crippen LogP contribution in [-0.2, 0) is 40.1 Å². The Morgan fingerprint density at radius 3 is 1.19 bits per heavy atom. The number of hydrogen-bond donors (Lipinski definition) is 1. The van der Waals surface area contributed by atoms with Gasteiger partial charge < -0.3 is 0 Å². The lowest BCUT2D eigenvalue weighted by Crippen LogP contribution is -2.55. The van der Waals surface area contributed by atoms with Crippen LogP contribution in [0.4, 0.5) is 52.7 Å². The second-order valence-electron chi connectivity index (χ2n) is 10.7. The lowest BCUT2D eigenvalue weighted by atomic mass is 9.91. The maximum absolute atomic E-state index is 14.1. The molecule has 6 atom stereocenters. The van der Waals surface area contributed by atoms with E-state index >= 15 is 0 Å². The van der Waals surface area contributed by atoms with Crippen molar-refractivity contribution < 1.29 is 86.4 Å². The fraction of sp³-hybridized carbons (Fsp3) is 1.00. The highest BCUT2D eigenvalue weighted by Gasteiger charge is 2.74. The van der Waals surface area contributed by atoms with Crippen LogP contribution in [-0.4, -0.2) is 109 Å². The van der Waals surface area contributed by atoms with E-state index in [2.05, 4.69) is 0 Å². The van der Waals surface area contributed by atoms with Crippen LogP contribution in [0.25, 0.3) is 0 Å². The fourth-order valence-corrected chi connectivity index (χ4v) is 21.3. The predicted molar refractivity (Wildman–Crippen MR) is 141 cm³/mol. The molecule has 0 radical (unpaired) electrons. The molecule has 2 saturated heterocycles. The van der Waals surface area contributed by atoms with Crippen molar-refractivity contribution in [3.8, 4) is 0 Å². The number of sulfonamides is 4. The molecule has 282 valence electrons. The molecule has 0 aromatic carbocycles. The average molecular weight is 844 g/mol. The zero-order chi connectivity index (χ0) is 37.0. The molecule has 13 nitrogen and oxygen atoms in total. The van der Waals surface area contributed by atoms with Crippen molar-refractivity contribution in [2.75, 3.05) is 7.05 Å². The van der Waals surface area contributed by atoms with Crippen LogP contribution < -0.4 is 5.09 Å². The number of hydrogen-bond acceptors (Lipinski definition) is 9. The summed E-state index contributed by atoms with van der Waals surface area (Å²) < 4.78 is 269. The van der Waals surface area contributed by atoms with Crippen LogP contribution in [0.5, 0.6) is 0 Å². The number of alkyl halides is 12. The van der Waals surface area contributed by atoms with Crippen LogP contribution in [0.3, 0.4) is 0 Å². The molecule has 1 N–H and O–H groups in total. The third-order valence-corrected chi connectivity index (χ3v) is 22.2. The van der Waals surface area contributed by atoms with E-state index in [9.17, 15) is 86.4 Å². The summed E-state index contributed by atoms with van der Waals surface area (Å²) in [5, 5.41) is 1.71. The van der Waals surface area contributed by atoms with Crippen molar-refractivity contribution in [2.45, 2.75) is 96.8 Å². The molecule has 0 bridgehead atoms. The van der Waals surface area contributed by atoms with Crippen molar-refractivity contribution in [1.29, 1.82) is 0 Å². The van der Waals surface area contributed by atoms with Gasteiger partial charge >= 0.3 is 62.1 Å². The van der Waals surface area contributed by atoms with Gasteiger partial charge in [0.1, 0.15) is 8.37 Å². The summed E-state index contributed by atoms with van der Waals surface area (Å²) in [6.07, 6.45) is -4.47. The van der Waals surface area contributed by atoms with Crippen molar-refractivity contribution in [3.05, 3.63) is 0 Å². The molecule has 5 unspecified atom stereocenters. The summed E-state index contributed by atoms with van der Waals surface area (Å²) in [5.41, 5.74) is -28.2. The SMILES string of the molecule is CNP1N(S(=O)(=O)C(F)(F)F)C2CCC[C@@H](P3N(S(=O)(=O)C(F)(F)F)C4CCCCC4N3S(=O)(=O)C(F)(F)F)C2N1S(=O)(=O)C(F)(F)F. The lowest BCUT2D eigenvalue weighted by molar-refractivity contribution is -0.0489. The molecule has 4 fully saturated rings. The van der Waals surface area contributed by atoms with E-state index in [1.165, 1.54) is 0 Å². The summed E-state index contributed by atoms with van der Waals surface area (Å²) >= 11 is 0. The highest BCUT2D eigenvalue weighted by atomic mass is 32.2. The topological polar surface area (TPSA) is 162 Å². The maximum Gasteiger partial charge on any atom is 0.512 e. The second kappa shape index (κ2) is 12.4. The number of rotatable bonds is 6. The summed E-state index contributed by atoms with van der Waals surface area (Å²) in [7, 11) is -35.6. The summed E-state index contributed by atoms with van der Waals surface area (Å²) in [4.78, 5) is 0. The maximum atomic E-state index is 14.1. The molecule has 2 saturated carbocycles. The zero-order valence-corrected chi connectivity index (χ0v) is 28.5. The standard InChI is InChI=1S/C17H23F12N5O8P2S4/c1-30-44-33(47(39,40)16(24,25)26)11-7-4-8-12(13(11)34(44)48(41,42)17(27,28)29)43-31(45(35,36)14(18,19)20)9-5-2-3-6-10(9)32(43)46(37,38)15(21,22)23/h9-13,30H,2-8H2,1H3/t9?,10?,11?,12-,13?,43?,44?/m1/s1. The molecule has 2 heterocycles. The van der Waals surface area contributed by atoms with Crippen molar-refractivity contribution >= 4 is 56.7 Å². The van der Waals surface area contributed by atoms with E-state index in [-0.39, 0.29) is 12.8 Å². The summed E-state index contributed by atoms with van der Waals surface area (Å²) in [5.74, 6) is 0. The van der Waals surface area contributed by atoms with E-state index in [1.54, 1.807) is 5.09 Å². The number of nitrogens with one attached hydrogen (secondary N) is 1. The first-order valence-corrected chi connectivity index (χ1v) is 21.4. The molecule has 31 heteroatoms. The largest absolute Gasteiger partial charge is 0.512 e. The smallest absolute Gasteiger partial charge is 0.273 e. The van der Waals surface area contributed by atoms with E-state index in [4.69, 9.17) is 0 Å². The highest BCUT2D eigenvalue weighted by molar-refractivity contribution is 8.00. The van der Waals surface area contributed by atoms with Gasteiger partial charge in [0.2, 0.25) is 0 Å². The van der Waals surface area contributed by atoms with Crippen LogP contribution >= 0.6 is 16.6 Å². The quantitative estimate of drug-likeness (QED) is 0.308. The minimum Gasteiger partial charge on any atom is -0.273 e. The van der Waals surface area contributed by atoms with Crippen molar-refractivity contribution in [1.82, 2.24) is 21.4 Å². The third-order valence-electron chi connectivity index (χ3n) is 8.02. The Morgan fingerprint density at radius 2 is 0.833 bits per heavy atom. The van der Waals surface area contributed by atoms with Crippen LogP contribution in [0.1, 0.15) is 44.9 Å². The molecule has 0 aromatic rings. The first-order valence-electron chi connectivity index (χ1n) is 13.1. The van der Waals surface area contributed by atoms with Crippen LogP contribution in [0.2, 0.25) is 0 Å². The predicted octanol–water partition coefficient (Wildman–Crippen LogP) is 3.98. The number of nitrogens with zero attached hydrogens (tertiary/aromatic N) is 4. The normalized spacial score (nSPS) is 33.1. The third kappa shape index (κ3) is 6.04. The molecule has 0 aromatic heterocycles. The first-order chi connectivity index (χ1) is 21.4. The van der Waals surface area contributed by atoms with Gasteiger partial charge in [-0.15, -0.1) is 8.15 Å². The fourth-order valence-electron chi connectivity index (χ4n) is 6.31. The van der Waals surface area contributed by atoms with Gasteiger partial charge in [0.05, 0.1) is 14.3 Å². The molecular weight excluding hydrogens is 820 g/mol. The molecule has 4 rings (SSSR count). The molecule has 2 aliphatic heterocycles. The van der Waals surface area contributed by atoms with Gasteiger partial charge in [-0.1, -0.05) is 19.3 Å². The van der Waals surface area contributed by atoms with Crippen LogP contribution in [0, 0.1) is 0 Å². The van der Waals surface area contributed by atoms with Crippen molar-refractivity contribution in [2.24, 2.45) is 0 Å². The van der Waals surface area contributed by atoms with Crippen LogP contribution in [0.15, 0.2) is 0 Å². The van der Waals surface area contributed by atoms with Gasteiger partial charge in [0, 0.05) is 23.8 Å². The van der Waals surface area contributed by atoms with Gasteiger partial charge in [0.15, 0.2) is 0 Å². The monoisotopic (exact) mass is 843 g/mol. The van der Waals surface area contributed by atoms with Crippen molar-refractivity contribution in [3.63, 3.8) is 0 Å². The van der Waals surface area contributed by atoms with Gasteiger partial charge in [-0.2, -0.15) is 60.8 Å². The number of fused-ring (bicyclic) bond motifs is 2. The molecular formula is C17H23F12N5O8P2S4. The van der Waals surface area contributed by atoms with E-state index < -0.39 is 157 Å². The summed E-state index contributed by atoms with van der Waals surface area (Å²) in [6.45, 7) is 0. The molecule has 0 spiro atoms. The number of halogens is 12. The van der Waals surface area contributed by atoms with Gasteiger partial charge in [0.25, 0.3) is 0 Å². The minimum atomic E-state index is -7.04. The Kier molecular flexibility index (Phi) is 10.4.